The first-order chi connectivity index (χ1) is 18.0. The lowest BCUT2D eigenvalue weighted by Crippen LogP contribution is -2.39. The van der Waals surface area contributed by atoms with Gasteiger partial charge in [-0.05, 0) is 30.3 Å². The number of aromatic nitrogens is 1. The minimum absolute atomic E-state index is 0.118. The van der Waals surface area contributed by atoms with Gasteiger partial charge >= 0.3 is 12.5 Å². The average molecular weight is 575 g/mol. The first-order valence-corrected chi connectivity index (χ1v) is 12.5. The molecule has 0 saturated heterocycles. The Morgan fingerprint density at radius 1 is 1.00 bits per heavy atom. The van der Waals surface area contributed by atoms with E-state index in [0.717, 1.165) is 18.5 Å². The van der Waals surface area contributed by atoms with Gasteiger partial charge in [-0.15, -0.1) is 13.2 Å². The van der Waals surface area contributed by atoms with Gasteiger partial charge in [-0.25, -0.2) is 8.42 Å². The molecule has 2 N–H and O–H groups in total. The largest absolute Gasteiger partial charge is 0.573 e. The number of nitrogens with zero attached hydrogens (tertiary/aromatic N) is 2. The molecule has 3 aromatic rings. The fourth-order valence-corrected chi connectivity index (χ4v) is 4.49. The molecule has 0 atom stereocenters. The van der Waals surface area contributed by atoms with E-state index in [1.807, 2.05) is 0 Å². The van der Waals surface area contributed by atoms with Crippen LogP contribution in [-0.4, -0.2) is 43.9 Å². The molecule has 1 heterocycles. The summed E-state index contributed by atoms with van der Waals surface area (Å²) in [6.45, 7) is 0.255. The quantitative estimate of drug-likeness (QED) is 0.393. The second-order valence-corrected chi connectivity index (χ2v) is 10.2. The molecule has 3 rings (SSSR count). The average Bonchev–Trinajstić information content (AvgIpc) is 2.85. The van der Waals surface area contributed by atoms with Crippen LogP contribution in [0.2, 0.25) is 0 Å². The highest BCUT2D eigenvalue weighted by Gasteiger charge is 2.35. The van der Waals surface area contributed by atoms with Crippen molar-refractivity contribution in [3.05, 3.63) is 72.1 Å². The second-order valence-electron chi connectivity index (χ2n) is 7.94. The van der Waals surface area contributed by atoms with Gasteiger partial charge in [-0.1, -0.05) is 25.1 Å². The number of rotatable bonds is 8. The van der Waals surface area contributed by atoms with Gasteiger partial charge in [0, 0.05) is 22.9 Å². The predicted octanol–water partition coefficient (Wildman–Crippen LogP) is 4.59. The summed E-state index contributed by atoms with van der Waals surface area (Å²) in [5.41, 5.74) is 2.42. The number of ether oxygens (including phenoxy) is 1. The van der Waals surface area contributed by atoms with Crippen LogP contribution in [0.15, 0.2) is 65.8 Å². The molecule has 0 spiro atoms. The third-order valence-corrected chi connectivity index (χ3v) is 6.99. The molecule has 8 nitrogen and oxygen atoms in total. The number of alkyl halides is 6. The minimum atomic E-state index is -5.09. The van der Waals surface area contributed by atoms with E-state index < -0.39 is 68.3 Å². The van der Waals surface area contributed by atoms with Crippen LogP contribution in [-0.2, 0) is 20.8 Å². The Kier molecular flexibility index (Phi) is 8.24. The van der Waals surface area contributed by atoms with E-state index in [1.54, 1.807) is 0 Å². The van der Waals surface area contributed by atoms with Crippen molar-refractivity contribution in [3.8, 4) is 16.9 Å². The van der Waals surface area contributed by atoms with Crippen molar-refractivity contribution in [2.24, 2.45) is 5.73 Å². The molecule has 1 aromatic heterocycles. The van der Waals surface area contributed by atoms with Gasteiger partial charge in [0.25, 0.3) is 5.91 Å². The zero-order chi connectivity index (χ0) is 29.2. The van der Waals surface area contributed by atoms with Gasteiger partial charge in [0.05, 0.1) is 28.1 Å². The van der Waals surface area contributed by atoms with Crippen molar-refractivity contribution >= 4 is 27.3 Å². The summed E-state index contributed by atoms with van der Waals surface area (Å²) < 4.78 is 109. The molecular weight excluding hydrogens is 556 g/mol. The number of hydrogen-bond donors (Lipinski definition) is 1. The monoisotopic (exact) mass is 575 g/mol. The van der Waals surface area contributed by atoms with Gasteiger partial charge in [-0.2, -0.15) is 13.2 Å². The van der Waals surface area contributed by atoms with Crippen LogP contribution < -0.4 is 15.4 Å². The molecule has 0 radical (unpaired) electrons. The second kappa shape index (κ2) is 10.9. The van der Waals surface area contributed by atoms with E-state index in [9.17, 15) is 44.3 Å². The Hall–Kier alpha value is -4.14. The Labute approximate surface area is 217 Å². The van der Waals surface area contributed by atoms with Crippen molar-refractivity contribution in [2.75, 3.05) is 17.2 Å². The van der Waals surface area contributed by atoms with Gasteiger partial charge in [0.2, 0.25) is 5.91 Å². The number of nitrogens with two attached hydrogens (primary N) is 1. The fourth-order valence-electron chi connectivity index (χ4n) is 3.54. The number of anilines is 1. The molecule has 0 unspecified atom stereocenters. The van der Waals surface area contributed by atoms with Crippen molar-refractivity contribution in [1.82, 2.24) is 4.98 Å². The number of para-hydroxylation sites is 1. The standard InChI is InChI=1S/C24H19F6N3O5S/c1-2-39(36,37)16-10-14(9-15(11-16)23(25,26)27)22(35)33(13-21(31)34)19-12-32-8-7-17(19)18-5-3-4-6-20(18)38-24(28,29)30/h3-12H,2,13H2,1H3,(H2,31,34). The van der Waals surface area contributed by atoms with Crippen LogP contribution in [0, 0.1) is 0 Å². The van der Waals surface area contributed by atoms with Gasteiger partial charge < -0.3 is 10.5 Å². The first-order valence-electron chi connectivity index (χ1n) is 10.9. The lowest BCUT2D eigenvalue weighted by molar-refractivity contribution is -0.274. The number of primary amides is 1. The summed E-state index contributed by atoms with van der Waals surface area (Å²) >= 11 is 0. The Morgan fingerprint density at radius 3 is 2.26 bits per heavy atom. The Balaban J connectivity index is 2.25. The van der Waals surface area contributed by atoms with E-state index in [0.29, 0.717) is 23.1 Å². The number of halogens is 6. The smallest absolute Gasteiger partial charge is 0.405 e. The SMILES string of the molecule is CCS(=O)(=O)c1cc(C(=O)N(CC(N)=O)c2cnccc2-c2ccccc2OC(F)(F)F)cc(C(F)(F)F)c1. The maximum atomic E-state index is 13.6. The highest BCUT2D eigenvalue weighted by atomic mass is 32.2. The minimum Gasteiger partial charge on any atom is -0.405 e. The molecule has 15 heteroatoms. The first kappa shape index (κ1) is 29.4. The number of pyridine rings is 1. The molecule has 0 aliphatic carbocycles. The van der Waals surface area contributed by atoms with Crippen LogP contribution in [0.3, 0.4) is 0 Å². The Morgan fingerprint density at radius 2 is 1.67 bits per heavy atom. The summed E-state index contributed by atoms with van der Waals surface area (Å²) in [5.74, 6) is -3.68. The van der Waals surface area contributed by atoms with Crippen LogP contribution in [0.25, 0.3) is 11.1 Å². The van der Waals surface area contributed by atoms with Crippen LogP contribution >= 0.6 is 0 Å². The highest BCUT2D eigenvalue weighted by molar-refractivity contribution is 7.91. The lowest BCUT2D eigenvalue weighted by Gasteiger charge is -2.25. The maximum Gasteiger partial charge on any atom is 0.573 e. The van der Waals surface area contributed by atoms with E-state index in [2.05, 4.69) is 9.72 Å². The molecular formula is C24H19F6N3O5S. The molecule has 208 valence electrons. The van der Waals surface area contributed by atoms with Gasteiger partial charge in [0.1, 0.15) is 12.3 Å². The van der Waals surface area contributed by atoms with Crippen molar-refractivity contribution in [2.45, 2.75) is 24.4 Å². The van der Waals surface area contributed by atoms with E-state index in [4.69, 9.17) is 5.73 Å². The van der Waals surface area contributed by atoms with Gasteiger partial charge in [0.15, 0.2) is 9.84 Å². The van der Waals surface area contributed by atoms with Crippen LogP contribution in [0.4, 0.5) is 32.0 Å². The zero-order valence-corrected chi connectivity index (χ0v) is 20.7. The summed E-state index contributed by atoms with van der Waals surface area (Å²) in [4.78, 5) is 29.0. The molecule has 39 heavy (non-hydrogen) atoms. The number of carbonyl (C=O) groups is 2. The molecule has 2 aromatic carbocycles. The molecule has 0 saturated carbocycles. The summed E-state index contributed by atoms with van der Waals surface area (Å²) in [6.07, 6.45) is -7.99. The number of sulfone groups is 1. The molecule has 0 fully saturated rings. The number of carbonyl (C=O) groups excluding carboxylic acids is 2. The topological polar surface area (TPSA) is 120 Å². The summed E-state index contributed by atoms with van der Waals surface area (Å²) in [7, 11) is -4.22. The zero-order valence-electron chi connectivity index (χ0n) is 19.9. The highest BCUT2D eigenvalue weighted by Crippen LogP contribution is 2.39. The number of hydrogen-bond acceptors (Lipinski definition) is 6. The van der Waals surface area contributed by atoms with E-state index >= 15 is 0 Å². The molecule has 2 amide bonds. The fraction of sp³-hybridized carbons (Fsp3) is 0.208. The third kappa shape index (κ3) is 7.04. The normalized spacial score (nSPS) is 12.2. The van der Waals surface area contributed by atoms with E-state index in [1.165, 1.54) is 31.2 Å². The number of benzene rings is 2. The van der Waals surface area contributed by atoms with Crippen molar-refractivity contribution in [1.29, 1.82) is 0 Å². The molecule has 0 aliphatic heterocycles. The van der Waals surface area contributed by atoms with Crippen molar-refractivity contribution < 1.29 is 49.1 Å². The van der Waals surface area contributed by atoms with Crippen molar-refractivity contribution in [3.63, 3.8) is 0 Å². The molecule has 0 aliphatic rings. The Bertz CT molecular complexity index is 1510. The number of amides is 2. The predicted molar refractivity (Wildman–Crippen MR) is 126 cm³/mol. The van der Waals surface area contributed by atoms with Gasteiger partial charge in [-0.3, -0.25) is 19.5 Å². The summed E-state index contributed by atoms with van der Waals surface area (Å²) in [6, 6.07) is 7.46. The van der Waals surface area contributed by atoms with Crippen LogP contribution in [0.5, 0.6) is 5.75 Å². The van der Waals surface area contributed by atoms with E-state index in [-0.39, 0.29) is 16.8 Å². The molecule has 0 bridgehead atoms. The summed E-state index contributed by atoms with van der Waals surface area (Å²) in [5, 5.41) is 0. The van der Waals surface area contributed by atoms with Crippen LogP contribution in [0.1, 0.15) is 22.8 Å². The lowest BCUT2D eigenvalue weighted by atomic mass is 10.0. The third-order valence-electron chi connectivity index (χ3n) is 5.27. The maximum absolute atomic E-state index is 13.6.